The van der Waals surface area contributed by atoms with E-state index in [9.17, 15) is 9.59 Å². The number of amides is 2. The molecule has 126 valence electrons. The lowest BCUT2D eigenvalue weighted by molar-refractivity contribution is 0.0947. The molecule has 3 rings (SSSR count). The number of anilines is 1. The van der Waals surface area contributed by atoms with E-state index in [1.807, 2.05) is 31.2 Å². The first kappa shape index (κ1) is 16.4. The van der Waals surface area contributed by atoms with Gasteiger partial charge in [0.2, 0.25) is 0 Å². The molecule has 3 aromatic rings. The molecule has 0 aliphatic carbocycles. The molecule has 0 aliphatic heterocycles. The van der Waals surface area contributed by atoms with E-state index >= 15 is 0 Å². The number of aryl methyl sites for hydroxylation is 1. The normalized spacial score (nSPS) is 10.3. The molecular weight excluding hydrogens is 318 g/mol. The van der Waals surface area contributed by atoms with Crippen molar-refractivity contribution in [1.82, 2.24) is 10.3 Å². The molecule has 0 saturated carbocycles. The molecule has 25 heavy (non-hydrogen) atoms. The quantitative estimate of drug-likeness (QED) is 0.750. The summed E-state index contributed by atoms with van der Waals surface area (Å²) in [5, 5.41) is 5.50. The van der Waals surface area contributed by atoms with E-state index in [0.717, 1.165) is 5.56 Å². The summed E-state index contributed by atoms with van der Waals surface area (Å²) in [5.41, 5.74) is 2.41. The minimum absolute atomic E-state index is 0.269. The van der Waals surface area contributed by atoms with Crippen molar-refractivity contribution in [3.63, 3.8) is 0 Å². The monoisotopic (exact) mass is 335 g/mol. The number of aromatic nitrogens is 1. The van der Waals surface area contributed by atoms with Crippen LogP contribution in [0.3, 0.4) is 0 Å². The van der Waals surface area contributed by atoms with Gasteiger partial charge in [-0.25, -0.2) is 0 Å². The fourth-order valence-electron chi connectivity index (χ4n) is 2.21. The van der Waals surface area contributed by atoms with Crippen molar-refractivity contribution in [3.05, 3.63) is 83.6 Å². The summed E-state index contributed by atoms with van der Waals surface area (Å²) in [6.45, 7) is 2.24. The molecule has 2 heterocycles. The molecular formula is C19H17N3O3. The standard InChI is InChI=1S/C19H17N3O3/c1-13-4-6-16(7-5-13)22-19(24)15-9-14(10-20-11-15)18(23)21-12-17-3-2-8-25-17/h2-11H,12H2,1H3,(H,21,23)(H,22,24). The molecule has 0 aliphatic rings. The minimum Gasteiger partial charge on any atom is -0.467 e. The van der Waals surface area contributed by atoms with Crippen LogP contribution in [0.15, 0.2) is 65.5 Å². The molecule has 0 saturated heterocycles. The Kier molecular flexibility index (Phi) is 4.89. The molecule has 2 N–H and O–H groups in total. The van der Waals surface area contributed by atoms with E-state index in [-0.39, 0.29) is 18.4 Å². The van der Waals surface area contributed by atoms with Gasteiger partial charge in [-0.3, -0.25) is 14.6 Å². The number of carbonyl (C=O) groups is 2. The van der Waals surface area contributed by atoms with Gasteiger partial charge in [-0.15, -0.1) is 0 Å². The number of pyridine rings is 1. The van der Waals surface area contributed by atoms with E-state index in [1.165, 1.54) is 18.5 Å². The van der Waals surface area contributed by atoms with Gasteiger partial charge in [-0.2, -0.15) is 0 Å². The maximum absolute atomic E-state index is 12.3. The molecule has 1 aromatic carbocycles. The van der Waals surface area contributed by atoms with Crippen LogP contribution in [0, 0.1) is 6.92 Å². The Morgan fingerprint density at radius 1 is 1.04 bits per heavy atom. The van der Waals surface area contributed by atoms with Crippen LogP contribution in [0.2, 0.25) is 0 Å². The third-order valence-corrected chi connectivity index (χ3v) is 3.58. The average Bonchev–Trinajstić information content (AvgIpc) is 3.15. The van der Waals surface area contributed by atoms with Crippen LogP contribution in [-0.4, -0.2) is 16.8 Å². The molecule has 0 bridgehead atoms. The Labute approximate surface area is 144 Å². The van der Waals surface area contributed by atoms with Crippen molar-refractivity contribution in [3.8, 4) is 0 Å². The zero-order valence-corrected chi connectivity index (χ0v) is 13.7. The molecule has 0 fully saturated rings. The molecule has 0 atom stereocenters. The Bertz CT molecular complexity index is 871. The molecule has 0 spiro atoms. The predicted molar refractivity (Wildman–Crippen MR) is 93.2 cm³/mol. The first-order valence-electron chi connectivity index (χ1n) is 7.75. The zero-order valence-electron chi connectivity index (χ0n) is 13.7. The maximum atomic E-state index is 12.3. The number of carbonyl (C=O) groups excluding carboxylic acids is 2. The van der Waals surface area contributed by atoms with Gasteiger partial charge >= 0.3 is 0 Å². The van der Waals surface area contributed by atoms with Crippen molar-refractivity contribution < 1.29 is 14.0 Å². The van der Waals surface area contributed by atoms with Crippen molar-refractivity contribution in [2.24, 2.45) is 0 Å². The van der Waals surface area contributed by atoms with E-state index < -0.39 is 0 Å². The van der Waals surface area contributed by atoms with Crippen molar-refractivity contribution in [1.29, 1.82) is 0 Å². The molecule has 0 unspecified atom stereocenters. The van der Waals surface area contributed by atoms with Gasteiger partial charge in [0.05, 0.1) is 23.9 Å². The SMILES string of the molecule is Cc1ccc(NC(=O)c2cncc(C(=O)NCc3ccco3)c2)cc1. The summed E-state index contributed by atoms with van der Waals surface area (Å²) < 4.78 is 5.16. The minimum atomic E-state index is -0.325. The highest BCUT2D eigenvalue weighted by Gasteiger charge is 2.12. The van der Waals surface area contributed by atoms with Gasteiger partial charge in [-0.05, 0) is 37.3 Å². The summed E-state index contributed by atoms with van der Waals surface area (Å²) in [7, 11) is 0. The highest BCUT2D eigenvalue weighted by Crippen LogP contribution is 2.11. The van der Waals surface area contributed by atoms with E-state index in [1.54, 1.807) is 18.4 Å². The Morgan fingerprint density at radius 2 is 1.76 bits per heavy atom. The number of rotatable bonds is 5. The van der Waals surface area contributed by atoms with Gasteiger partial charge in [-0.1, -0.05) is 17.7 Å². The van der Waals surface area contributed by atoms with E-state index in [2.05, 4.69) is 15.6 Å². The summed E-state index contributed by atoms with van der Waals surface area (Å²) in [6.07, 6.45) is 4.38. The molecule has 0 radical (unpaired) electrons. The predicted octanol–water partition coefficient (Wildman–Crippen LogP) is 3.17. The van der Waals surface area contributed by atoms with Crippen LogP contribution < -0.4 is 10.6 Å². The molecule has 6 heteroatoms. The smallest absolute Gasteiger partial charge is 0.257 e. The fraction of sp³-hybridized carbons (Fsp3) is 0.105. The van der Waals surface area contributed by atoms with Crippen LogP contribution in [0.4, 0.5) is 5.69 Å². The van der Waals surface area contributed by atoms with Crippen molar-refractivity contribution in [2.45, 2.75) is 13.5 Å². The number of hydrogen-bond acceptors (Lipinski definition) is 4. The summed E-state index contributed by atoms with van der Waals surface area (Å²) in [4.78, 5) is 28.5. The van der Waals surface area contributed by atoms with Crippen molar-refractivity contribution >= 4 is 17.5 Å². The zero-order chi connectivity index (χ0) is 17.6. The summed E-state index contributed by atoms with van der Waals surface area (Å²) in [6, 6.07) is 12.5. The average molecular weight is 335 g/mol. The van der Waals surface area contributed by atoms with Crippen LogP contribution >= 0.6 is 0 Å². The molecule has 6 nitrogen and oxygen atoms in total. The topological polar surface area (TPSA) is 84.2 Å². The van der Waals surface area contributed by atoms with E-state index in [0.29, 0.717) is 22.6 Å². The fourth-order valence-corrected chi connectivity index (χ4v) is 2.21. The van der Waals surface area contributed by atoms with Crippen molar-refractivity contribution in [2.75, 3.05) is 5.32 Å². The van der Waals surface area contributed by atoms with Crippen LogP contribution in [0.25, 0.3) is 0 Å². The molecule has 2 amide bonds. The second-order valence-electron chi connectivity index (χ2n) is 5.54. The Morgan fingerprint density at radius 3 is 2.44 bits per heavy atom. The Hall–Kier alpha value is -3.41. The van der Waals surface area contributed by atoms with Gasteiger partial charge in [0.15, 0.2) is 0 Å². The van der Waals surface area contributed by atoms with Crippen LogP contribution in [-0.2, 0) is 6.54 Å². The third-order valence-electron chi connectivity index (χ3n) is 3.58. The van der Waals surface area contributed by atoms with Gasteiger partial charge in [0.25, 0.3) is 11.8 Å². The number of hydrogen-bond donors (Lipinski definition) is 2. The molecule has 2 aromatic heterocycles. The number of nitrogens with one attached hydrogen (secondary N) is 2. The second kappa shape index (κ2) is 7.44. The maximum Gasteiger partial charge on any atom is 0.257 e. The van der Waals surface area contributed by atoms with E-state index in [4.69, 9.17) is 4.42 Å². The number of nitrogens with zero attached hydrogens (tertiary/aromatic N) is 1. The lowest BCUT2D eigenvalue weighted by Gasteiger charge is -2.07. The first-order valence-corrected chi connectivity index (χ1v) is 7.75. The first-order chi connectivity index (χ1) is 12.1. The van der Waals surface area contributed by atoms with Gasteiger partial charge in [0.1, 0.15) is 5.76 Å². The van der Waals surface area contributed by atoms with Gasteiger partial charge in [0, 0.05) is 18.1 Å². The van der Waals surface area contributed by atoms with Gasteiger partial charge < -0.3 is 15.1 Å². The Balaban J connectivity index is 1.66. The lowest BCUT2D eigenvalue weighted by Crippen LogP contribution is -2.23. The largest absolute Gasteiger partial charge is 0.467 e. The lowest BCUT2D eigenvalue weighted by atomic mass is 10.1. The second-order valence-corrected chi connectivity index (χ2v) is 5.54. The summed E-state index contributed by atoms with van der Waals surface area (Å²) in [5.74, 6) is 0.000464. The summed E-state index contributed by atoms with van der Waals surface area (Å²) >= 11 is 0. The highest BCUT2D eigenvalue weighted by atomic mass is 16.3. The number of furan rings is 1. The third kappa shape index (κ3) is 4.32. The van der Waals surface area contributed by atoms with Crippen LogP contribution in [0.1, 0.15) is 32.0 Å². The highest BCUT2D eigenvalue weighted by molar-refractivity contribution is 6.05. The van der Waals surface area contributed by atoms with Crippen LogP contribution in [0.5, 0.6) is 0 Å². The number of benzene rings is 1.